The molecule has 0 unspecified atom stereocenters. The van der Waals surface area contributed by atoms with Crippen molar-refractivity contribution in [2.24, 2.45) is 4.99 Å². The first-order valence-electron chi connectivity index (χ1n) is 11.7. The molecular weight excluding hydrogens is 470 g/mol. The largest absolute Gasteiger partial charge is 0.497 e. The Morgan fingerprint density at radius 3 is 2.36 bits per heavy atom. The van der Waals surface area contributed by atoms with E-state index in [2.05, 4.69) is 16.4 Å². The van der Waals surface area contributed by atoms with Crippen LogP contribution in [-0.2, 0) is 9.59 Å². The molecule has 0 bridgehead atoms. The molecule has 1 heterocycles. The van der Waals surface area contributed by atoms with Gasteiger partial charge in [0, 0.05) is 0 Å². The summed E-state index contributed by atoms with van der Waals surface area (Å²) >= 11 is 1.25. The maximum atomic E-state index is 13.5. The first kappa shape index (κ1) is 25.3. The molecule has 6 nitrogen and oxygen atoms in total. The average molecular weight is 500 g/mol. The van der Waals surface area contributed by atoms with Gasteiger partial charge in [-0.1, -0.05) is 60.3 Å². The van der Waals surface area contributed by atoms with Gasteiger partial charge in [-0.05, 0) is 73.4 Å². The highest BCUT2D eigenvalue weighted by atomic mass is 32.2. The summed E-state index contributed by atoms with van der Waals surface area (Å²) in [4.78, 5) is 32.4. The summed E-state index contributed by atoms with van der Waals surface area (Å²) in [6.45, 7) is 5.94. The van der Waals surface area contributed by atoms with Gasteiger partial charge in [0.15, 0.2) is 5.17 Å². The molecule has 1 N–H and O–H groups in total. The number of hydrogen-bond acceptors (Lipinski definition) is 5. The van der Waals surface area contributed by atoms with Crippen molar-refractivity contribution in [2.45, 2.75) is 26.8 Å². The molecule has 0 aliphatic carbocycles. The normalized spacial score (nSPS) is 15.1. The molecule has 0 radical (unpaired) electrons. The van der Waals surface area contributed by atoms with E-state index in [9.17, 15) is 9.59 Å². The number of rotatable bonds is 7. The number of hydrogen-bond donors (Lipinski definition) is 1. The zero-order chi connectivity index (χ0) is 25.7. The topological polar surface area (TPSA) is 71.0 Å². The quantitative estimate of drug-likeness (QED) is 0.426. The summed E-state index contributed by atoms with van der Waals surface area (Å²) in [6.07, 6.45) is 1.75. The first-order valence-corrected chi connectivity index (χ1v) is 12.7. The lowest BCUT2D eigenvalue weighted by molar-refractivity contribution is -0.119. The summed E-state index contributed by atoms with van der Waals surface area (Å²) in [5.41, 5.74) is 5.02. The van der Waals surface area contributed by atoms with Crippen LogP contribution in [0.5, 0.6) is 5.75 Å². The van der Waals surface area contributed by atoms with Crippen molar-refractivity contribution >= 4 is 40.5 Å². The zero-order valence-corrected chi connectivity index (χ0v) is 21.6. The molecule has 36 heavy (non-hydrogen) atoms. The molecule has 7 heteroatoms. The molecule has 4 rings (SSSR count). The standard InChI is InChI=1S/C29H29N3O3S/c1-19-14-20(2)16-24(15-19)32-28(34)26(17-22-10-12-25(35-4)13-11-22)31-29(32)36-18-27(33)30-21(3)23-8-6-5-7-9-23/h5-17,21H,18H2,1-4H3,(H,30,33)/b26-17+/t21-/m0/s1. The van der Waals surface area contributed by atoms with E-state index in [1.807, 2.05) is 87.5 Å². The predicted octanol–water partition coefficient (Wildman–Crippen LogP) is 5.67. The SMILES string of the molecule is COc1ccc(/C=C2/N=C(SCC(=O)N[C@@H](C)c3ccccc3)N(c3cc(C)cc(C)c3)C2=O)cc1. The number of nitrogens with zero attached hydrogens (tertiary/aromatic N) is 2. The van der Waals surface area contributed by atoms with E-state index in [0.717, 1.165) is 33.7 Å². The van der Waals surface area contributed by atoms with Crippen LogP contribution in [0.1, 0.15) is 35.2 Å². The van der Waals surface area contributed by atoms with Crippen molar-refractivity contribution in [1.82, 2.24) is 5.32 Å². The Morgan fingerprint density at radius 2 is 1.72 bits per heavy atom. The summed E-state index contributed by atoms with van der Waals surface area (Å²) in [6, 6.07) is 23.1. The highest BCUT2D eigenvalue weighted by Crippen LogP contribution is 2.31. The number of methoxy groups -OCH3 is 1. The van der Waals surface area contributed by atoms with Gasteiger partial charge in [0.1, 0.15) is 11.4 Å². The van der Waals surface area contributed by atoms with Crippen LogP contribution < -0.4 is 15.0 Å². The van der Waals surface area contributed by atoms with Crippen LogP contribution in [0.3, 0.4) is 0 Å². The summed E-state index contributed by atoms with van der Waals surface area (Å²) < 4.78 is 5.22. The van der Waals surface area contributed by atoms with Crippen molar-refractivity contribution in [2.75, 3.05) is 17.8 Å². The molecule has 3 aromatic carbocycles. The Hall–Kier alpha value is -3.84. The summed E-state index contributed by atoms with van der Waals surface area (Å²) in [7, 11) is 1.61. The summed E-state index contributed by atoms with van der Waals surface area (Å²) in [5, 5.41) is 3.50. The number of amidine groups is 1. The van der Waals surface area contributed by atoms with Gasteiger partial charge in [-0.15, -0.1) is 0 Å². The number of benzene rings is 3. The molecule has 0 spiro atoms. The monoisotopic (exact) mass is 499 g/mol. The molecule has 1 aliphatic rings. The van der Waals surface area contributed by atoms with Crippen molar-refractivity contribution in [1.29, 1.82) is 0 Å². The zero-order valence-electron chi connectivity index (χ0n) is 20.8. The lowest BCUT2D eigenvalue weighted by atomic mass is 10.1. The Kier molecular flexibility index (Phi) is 7.90. The van der Waals surface area contributed by atoms with Crippen LogP contribution in [0.25, 0.3) is 6.08 Å². The molecule has 0 fully saturated rings. The second kappa shape index (κ2) is 11.3. The number of thioether (sulfide) groups is 1. The van der Waals surface area contributed by atoms with Crippen molar-refractivity contribution < 1.29 is 14.3 Å². The third kappa shape index (κ3) is 6.04. The second-order valence-electron chi connectivity index (χ2n) is 8.67. The fraction of sp³-hybridized carbons (Fsp3) is 0.207. The molecule has 0 aromatic heterocycles. The average Bonchev–Trinajstić information content (AvgIpc) is 3.17. The van der Waals surface area contributed by atoms with E-state index in [4.69, 9.17) is 4.74 Å². The number of anilines is 1. The number of aliphatic imine (C=N–C) groups is 1. The summed E-state index contributed by atoms with van der Waals surface area (Å²) in [5.74, 6) is 0.526. The van der Waals surface area contributed by atoms with Crippen LogP contribution in [0.4, 0.5) is 5.69 Å². The van der Waals surface area contributed by atoms with Crippen LogP contribution in [0.2, 0.25) is 0 Å². The van der Waals surface area contributed by atoms with Crippen LogP contribution in [0, 0.1) is 13.8 Å². The number of aryl methyl sites for hydroxylation is 2. The van der Waals surface area contributed by atoms with Crippen LogP contribution in [-0.4, -0.2) is 29.8 Å². The number of nitrogens with one attached hydrogen (secondary N) is 1. The predicted molar refractivity (Wildman–Crippen MR) is 147 cm³/mol. The smallest absolute Gasteiger partial charge is 0.283 e. The Balaban J connectivity index is 1.57. The molecule has 0 saturated heterocycles. The molecule has 2 amide bonds. The Morgan fingerprint density at radius 1 is 1.06 bits per heavy atom. The second-order valence-corrected chi connectivity index (χ2v) is 9.61. The van der Waals surface area contributed by atoms with Gasteiger partial charge in [-0.3, -0.25) is 14.5 Å². The van der Waals surface area contributed by atoms with E-state index in [0.29, 0.717) is 10.9 Å². The molecule has 1 atom stereocenters. The van der Waals surface area contributed by atoms with E-state index in [1.54, 1.807) is 18.1 Å². The van der Waals surface area contributed by atoms with Gasteiger partial charge in [-0.25, -0.2) is 4.99 Å². The lowest BCUT2D eigenvalue weighted by Crippen LogP contribution is -2.33. The van der Waals surface area contributed by atoms with Crippen molar-refractivity contribution in [3.8, 4) is 5.75 Å². The van der Waals surface area contributed by atoms with Crippen LogP contribution in [0.15, 0.2) is 83.5 Å². The number of carbonyl (C=O) groups is 2. The Labute approximate surface area is 216 Å². The minimum absolute atomic E-state index is 0.118. The van der Waals surface area contributed by atoms with E-state index < -0.39 is 0 Å². The van der Waals surface area contributed by atoms with Gasteiger partial charge < -0.3 is 10.1 Å². The maximum Gasteiger partial charge on any atom is 0.283 e. The van der Waals surface area contributed by atoms with Gasteiger partial charge in [0.05, 0.1) is 24.6 Å². The number of carbonyl (C=O) groups excluding carboxylic acids is 2. The van der Waals surface area contributed by atoms with E-state index in [1.165, 1.54) is 11.8 Å². The number of amides is 2. The van der Waals surface area contributed by atoms with Crippen molar-refractivity contribution in [3.63, 3.8) is 0 Å². The van der Waals surface area contributed by atoms with Gasteiger partial charge in [-0.2, -0.15) is 0 Å². The third-order valence-electron chi connectivity index (χ3n) is 5.72. The minimum Gasteiger partial charge on any atom is -0.497 e. The molecule has 3 aromatic rings. The minimum atomic E-state index is -0.226. The molecule has 0 saturated carbocycles. The van der Waals surface area contributed by atoms with Crippen LogP contribution >= 0.6 is 11.8 Å². The van der Waals surface area contributed by atoms with E-state index >= 15 is 0 Å². The van der Waals surface area contributed by atoms with Gasteiger partial charge >= 0.3 is 0 Å². The highest BCUT2D eigenvalue weighted by molar-refractivity contribution is 8.14. The molecule has 1 aliphatic heterocycles. The maximum absolute atomic E-state index is 13.5. The third-order valence-corrected chi connectivity index (χ3v) is 6.66. The Bertz CT molecular complexity index is 1300. The van der Waals surface area contributed by atoms with Crippen molar-refractivity contribution in [3.05, 3.63) is 101 Å². The van der Waals surface area contributed by atoms with Gasteiger partial charge in [0.2, 0.25) is 5.91 Å². The number of ether oxygens (including phenoxy) is 1. The molecular formula is C29H29N3O3S. The molecule has 184 valence electrons. The van der Waals surface area contributed by atoms with E-state index in [-0.39, 0.29) is 23.6 Å². The first-order chi connectivity index (χ1) is 17.3. The fourth-order valence-electron chi connectivity index (χ4n) is 4.00. The fourth-order valence-corrected chi connectivity index (χ4v) is 4.82. The lowest BCUT2D eigenvalue weighted by Gasteiger charge is -2.19. The van der Waals surface area contributed by atoms with Gasteiger partial charge in [0.25, 0.3) is 5.91 Å². The highest BCUT2D eigenvalue weighted by Gasteiger charge is 2.32.